The maximum absolute atomic E-state index is 11.4. The molecule has 0 heterocycles. The summed E-state index contributed by atoms with van der Waals surface area (Å²) in [4.78, 5) is 11.4. The standard InChI is InChI=1S/C9H17NO2/c1-8(2,7(11)12-3)9(10)5-4-6-9/h4-6,10H2,1-3H3. The van der Waals surface area contributed by atoms with Crippen molar-refractivity contribution >= 4 is 5.97 Å². The predicted molar refractivity (Wildman–Crippen MR) is 46.6 cm³/mol. The molecule has 1 fully saturated rings. The van der Waals surface area contributed by atoms with Gasteiger partial charge in [0.1, 0.15) is 0 Å². The van der Waals surface area contributed by atoms with Crippen LogP contribution < -0.4 is 5.73 Å². The lowest BCUT2D eigenvalue weighted by molar-refractivity contribution is -0.157. The third kappa shape index (κ3) is 1.12. The molecule has 2 N–H and O–H groups in total. The Kier molecular flexibility index (Phi) is 2.17. The van der Waals surface area contributed by atoms with Crippen LogP contribution in [0, 0.1) is 5.41 Å². The Labute approximate surface area is 73.3 Å². The lowest BCUT2D eigenvalue weighted by atomic mass is 9.61. The Morgan fingerprint density at radius 2 is 2.00 bits per heavy atom. The molecule has 0 aromatic carbocycles. The van der Waals surface area contributed by atoms with Gasteiger partial charge in [0.15, 0.2) is 0 Å². The minimum atomic E-state index is -0.542. The Morgan fingerprint density at radius 3 is 2.25 bits per heavy atom. The van der Waals surface area contributed by atoms with Gasteiger partial charge in [-0.1, -0.05) is 0 Å². The van der Waals surface area contributed by atoms with Crippen LogP contribution in [0.25, 0.3) is 0 Å². The van der Waals surface area contributed by atoms with Crippen molar-refractivity contribution in [3.63, 3.8) is 0 Å². The zero-order chi connectivity index (χ0) is 9.41. The van der Waals surface area contributed by atoms with Crippen LogP contribution in [0.3, 0.4) is 0 Å². The monoisotopic (exact) mass is 171 g/mol. The van der Waals surface area contributed by atoms with E-state index in [2.05, 4.69) is 0 Å². The molecule has 0 amide bonds. The summed E-state index contributed by atoms with van der Waals surface area (Å²) in [6, 6.07) is 0. The lowest BCUT2D eigenvalue weighted by Crippen LogP contribution is -2.61. The molecule has 0 radical (unpaired) electrons. The number of esters is 1. The van der Waals surface area contributed by atoms with Crippen molar-refractivity contribution in [1.29, 1.82) is 0 Å². The number of rotatable bonds is 2. The van der Waals surface area contributed by atoms with E-state index in [0.29, 0.717) is 0 Å². The number of nitrogens with two attached hydrogens (primary N) is 1. The molecule has 0 aromatic rings. The lowest BCUT2D eigenvalue weighted by Gasteiger charge is -2.48. The highest BCUT2D eigenvalue weighted by molar-refractivity contribution is 5.77. The van der Waals surface area contributed by atoms with Gasteiger partial charge in [0.25, 0.3) is 0 Å². The van der Waals surface area contributed by atoms with Gasteiger partial charge in [0.05, 0.1) is 12.5 Å². The molecule has 1 saturated carbocycles. The molecular weight excluding hydrogens is 154 g/mol. The summed E-state index contributed by atoms with van der Waals surface area (Å²) in [5.41, 5.74) is 5.18. The molecule has 3 nitrogen and oxygen atoms in total. The predicted octanol–water partition coefficient (Wildman–Crippen LogP) is 1.07. The van der Waals surface area contributed by atoms with Crippen LogP contribution in [0.15, 0.2) is 0 Å². The number of carbonyl (C=O) groups excluding carboxylic acids is 1. The molecule has 0 atom stereocenters. The average molecular weight is 171 g/mol. The van der Waals surface area contributed by atoms with E-state index in [9.17, 15) is 4.79 Å². The Balaban J connectivity index is 2.76. The molecule has 3 heteroatoms. The SMILES string of the molecule is COC(=O)C(C)(C)C1(N)CCC1. The summed E-state index contributed by atoms with van der Waals surface area (Å²) >= 11 is 0. The van der Waals surface area contributed by atoms with Gasteiger partial charge in [0, 0.05) is 5.54 Å². The Bertz CT molecular complexity index is 195. The second kappa shape index (κ2) is 2.73. The molecule has 1 rings (SSSR count). The fourth-order valence-corrected chi connectivity index (χ4v) is 1.64. The van der Waals surface area contributed by atoms with Crippen molar-refractivity contribution in [3.8, 4) is 0 Å². The van der Waals surface area contributed by atoms with Gasteiger partial charge in [-0.25, -0.2) is 0 Å². The number of hydrogen-bond acceptors (Lipinski definition) is 3. The highest BCUT2D eigenvalue weighted by Crippen LogP contribution is 2.44. The Hall–Kier alpha value is -0.570. The van der Waals surface area contributed by atoms with E-state index in [4.69, 9.17) is 10.5 Å². The van der Waals surface area contributed by atoms with E-state index < -0.39 is 5.41 Å². The fourth-order valence-electron chi connectivity index (χ4n) is 1.64. The summed E-state index contributed by atoms with van der Waals surface area (Å²) in [5, 5.41) is 0. The minimum absolute atomic E-state index is 0.204. The van der Waals surface area contributed by atoms with Crippen molar-refractivity contribution in [2.45, 2.75) is 38.6 Å². The third-order valence-electron chi connectivity index (χ3n) is 3.19. The molecule has 0 unspecified atom stereocenters. The van der Waals surface area contributed by atoms with E-state index >= 15 is 0 Å². The van der Waals surface area contributed by atoms with Crippen LogP contribution in [0.4, 0.5) is 0 Å². The molecule has 0 spiro atoms. The smallest absolute Gasteiger partial charge is 0.313 e. The van der Waals surface area contributed by atoms with E-state index in [1.807, 2.05) is 13.8 Å². The molecule has 12 heavy (non-hydrogen) atoms. The first kappa shape index (κ1) is 9.52. The second-order valence-corrected chi connectivity index (χ2v) is 4.13. The minimum Gasteiger partial charge on any atom is -0.469 e. The van der Waals surface area contributed by atoms with Gasteiger partial charge in [-0.05, 0) is 33.1 Å². The quantitative estimate of drug-likeness (QED) is 0.632. The van der Waals surface area contributed by atoms with Gasteiger partial charge < -0.3 is 10.5 Å². The maximum Gasteiger partial charge on any atom is 0.313 e. The molecule has 0 bridgehead atoms. The van der Waals surface area contributed by atoms with Gasteiger partial charge in [0.2, 0.25) is 0 Å². The van der Waals surface area contributed by atoms with Crippen LogP contribution in [-0.2, 0) is 9.53 Å². The van der Waals surface area contributed by atoms with Crippen LogP contribution >= 0.6 is 0 Å². The molecule has 1 aliphatic rings. The molecule has 0 aromatic heterocycles. The van der Waals surface area contributed by atoms with Crippen molar-refractivity contribution in [2.24, 2.45) is 11.1 Å². The molecule has 0 saturated heterocycles. The van der Waals surface area contributed by atoms with Crippen molar-refractivity contribution in [2.75, 3.05) is 7.11 Å². The molecule has 1 aliphatic carbocycles. The first-order chi connectivity index (χ1) is 5.44. The van der Waals surface area contributed by atoms with Crippen molar-refractivity contribution in [3.05, 3.63) is 0 Å². The summed E-state index contributed by atoms with van der Waals surface area (Å²) in [5.74, 6) is -0.204. The highest BCUT2D eigenvalue weighted by atomic mass is 16.5. The topological polar surface area (TPSA) is 52.3 Å². The third-order valence-corrected chi connectivity index (χ3v) is 3.19. The second-order valence-electron chi connectivity index (χ2n) is 4.13. The normalized spacial score (nSPS) is 21.3. The number of hydrogen-bond donors (Lipinski definition) is 1. The van der Waals surface area contributed by atoms with E-state index in [-0.39, 0.29) is 11.5 Å². The summed E-state index contributed by atoms with van der Waals surface area (Å²) < 4.78 is 4.72. The van der Waals surface area contributed by atoms with Crippen LogP contribution in [0.1, 0.15) is 33.1 Å². The average Bonchev–Trinajstić information content (AvgIpc) is 1.98. The number of ether oxygens (including phenoxy) is 1. The van der Waals surface area contributed by atoms with Crippen LogP contribution in [0.2, 0.25) is 0 Å². The van der Waals surface area contributed by atoms with E-state index in [1.165, 1.54) is 7.11 Å². The Morgan fingerprint density at radius 1 is 1.50 bits per heavy atom. The van der Waals surface area contributed by atoms with Crippen LogP contribution in [-0.4, -0.2) is 18.6 Å². The zero-order valence-electron chi connectivity index (χ0n) is 8.02. The number of carbonyl (C=O) groups is 1. The summed E-state index contributed by atoms with van der Waals surface area (Å²) in [6.07, 6.45) is 2.97. The zero-order valence-corrected chi connectivity index (χ0v) is 8.02. The molecule has 0 aliphatic heterocycles. The fraction of sp³-hybridized carbons (Fsp3) is 0.889. The van der Waals surface area contributed by atoms with Gasteiger partial charge in [-0.15, -0.1) is 0 Å². The largest absolute Gasteiger partial charge is 0.469 e. The summed E-state index contributed by atoms with van der Waals surface area (Å²) in [6.45, 7) is 3.72. The first-order valence-corrected chi connectivity index (χ1v) is 4.31. The number of methoxy groups -OCH3 is 1. The maximum atomic E-state index is 11.4. The van der Waals surface area contributed by atoms with Gasteiger partial charge in [-0.2, -0.15) is 0 Å². The van der Waals surface area contributed by atoms with Gasteiger partial charge >= 0.3 is 5.97 Å². The van der Waals surface area contributed by atoms with E-state index in [0.717, 1.165) is 19.3 Å². The van der Waals surface area contributed by atoms with E-state index in [1.54, 1.807) is 0 Å². The van der Waals surface area contributed by atoms with Crippen molar-refractivity contribution in [1.82, 2.24) is 0 Å². The van der Waals surface area contributed by atoms with Crippen LogP contribution in [0.5, 0.6) is 0 Å². The first-order valence-electron chi connectivity index (χ1n) is 4.31. The van der Waals surface area contributed by atoms with Gasteiger partial charge in [-0.3, -0.25) is 4.79 Å². The molecule has 70 valence electrons. The molecular formula is C9H17NO2. The van der Waals surface area contributed by atoms with Crippen molar-refractivity contribution < 1.29 is 9.53 Å². The summed E-state index contributed by atoms with van der Waals surface area (Å²) in [7, 11) is 1.41. The highest BCUT2D eigenvalue weighted by Gasteiger charge is 2.51.